The Hall–Kier alpha value is -2.89. The molecule has 0 aliphatic heterocycles. The highest BCUT2D eigenvalue weighted by atomic mass is 16.5. The van der Waals surface area contributed by atoms with Crippen LogP contribution in [-0.4, -0.2) is 32.6 Å². The minimum Gasteiger partial charge on any atom is -0.464 e. The molecule has 0 bridgehead atoms. The summed E-state index contributed by atoms with van der Waals surface area (Å²) >= 11 is 0. The molecule has 0 aliphatic carbocycles. The number of hydrogen-bond acceptors (Lipinski definition) is 4. The summed E-state index contributed by atoms with van der Waals surface area (Å²) in [5.41, 5.74) is 2.96. The molecule has 0 saturated heterocycles. The van der Waals surface area contributed by atoms with Crippen molar-refractivity contribution in [1.82, 2.24) is 19.6 Å². The van der Waals surface area contributed by atoms with Gasteiger partial charge in [0.15, 0.2) is 5.69 Å². The third-order valence-corrected chi connectivity index (χ3v) is 3.24. The first-order valence-corrected chi connectivity index (χ1v) is 6.41. The van der Waals surface area contributed by atoms with Crippen LogP contribution in [-0.2, 0) is 11.8 Å². The average molecular weight is 282 g/mol. The molecule has 0 radical (unpaired) electrons. The Morgan fingerprint density at radius 3 is 2.81 bits per heavy atom. The SMILES string of the molecule is COC(=O)c1c(-c2cccc(-n3cccn3)c2)cnn1C. The number of aromatic nitrogens is 4. The Labute approximate surface area is 121 Å². The van der Waals surface area contributed by atoms with Crippen molar-refractivity contribution in [3.8, 4) is 16.8 Å². The molecule has 3 aromatic rings. The highest BCUT2D eigenvalue weighted by molar-refractivity contribution is 5.95. The van der Waals surface area contributed by atoms with Crippen molar-refractivity contribution in [2.24, 2.45) is 7.05 Å². The number of nitrogens with zero attached hydrogens (tertiary/aromatic N) is 4. The number of carbonyl (C=O) groups excluding carboxylic acids is 1. The summed E-state index contributed by atoms with van der Waals surface area (Å²) < 4.78 is 8.10. The Balaban J connectivity index is 2.10. The lowest BCUT2D eigenvalue weighted by Crippen LogP contribution is -2.09. The van der Waals surface area contributed by atoms with Crippen molar-refractivity contribution >= 4 is 5.97 Å². The zero-order chi connectivity index (χ0) is 14.8. The van der Waals surface area contributed by atoms with Gasteiger partial charge < -0.3 is 4.74 Å². The largest absolute Gasteiger partial charge is 0.464 e. The predicted octanol–water partition coefficient (Wildman–Crippen LogP) is 2.06. The average Bonchev–Trinajstić information content (AvgIpc) is 3.16. The lowest BCUT2D eigenvalue weighted by Gasteiger charge is -2.07. The van der Waals surface area contributed by atoms with Gasteiger partial charge in [-0.1, -0.05) is 12.1 Å². The number of rotatable bonds is 3. The van der Waals surface area contributed by atoms with Gasteiger partial charge in [-0.25, -0.2) is 9.48 Å². The van der Waals surface area contributed by atoms with Crippen molar-refractivity contribution in [1.29, 1.82) is 0 Å². The Morgan fingerprint density at radius 1 is 1.24 bits per heavy atom. The van der Waals surface area contributed by atoms with Crippen molar-refractivity contribution in [2.45, 2.75) is 0 Å². The van der Waals surface area contributed by atoms with Gasteiger partial charge in [-0.05, 0) is 23.8 Å². The molecule has 0 saturated carbocycles. The minimum absolute atomic E-state index is 0.408. The smallest absolute Gasteiger partial charge is 0.356 e. The molecule has 0 amide bonds. The van der Waals surface area contributed by atoms with Gasteiger partial charge in [0.05, 0.1) is 19.0 Å². The zero-order valence-corrected chi connectivity index (χ0v) is 11.7. The quantitative estimate of drug-likeness (QED) is 0.690. The summed E-state index contributed by atoms with van der Waals surface area (Å²) in [5.74, 6) is -0.408. The highest BCUT2D eigenvalue weighted by Crippen LogP contribution is 2.25. The highest BCUT2D eigenvalue weighted by Gasteiger charge is 2.18. The first-order valence-electron chi connectivity index (χ1n) is 6.41. The van der Waals surface area contributed by atoms with E-state index in [1.807, 2.05) is 36.5 Å². The van der Waals surface area contributed by atoms with Gasteiger partial charge in [0.25, 0.3) is 0 Å². The van der Waals surface area contributed by atoms with Crippen LogP contribution in [0.5, 0.6) is 0 Å². The molecule has 2 aromatic heterocycles. The molecular weight excluding hydrogens is 268 g/mol. The standard InChI is InChI=1S/C15H14N4O2/c1-18-14(15(20)21-2)13(10-17-18)11-5-3-6-12(9-11)19-8-4-7-16-19/h3-10H,1-2H3. The molecule has 3 rings (SSSR count). The monoisotopic (exact) mass is 282 g/mol. The predicted molar refractivity (Wildman–Crippen MR) is 77.1 cm³/mol. The van der Waals surface area contributed by atoms with E-state index < -0.39 is 5.97 Å². The van der Waals surface area contributed by atoms with E-state index in [4.69, 9.17) is 4.74 Å². The molecule has 106 valence electrons. The van der Waals surface area contributed by atoms with Gasteiger partial charge in [0, 0.05) is 25.0 Å². The van der Waals surface area contributed by atoms with Crippen molar-refractivity contribution in [2.75, 3.05) is 7.11 Å². The maximum atomic E-state index is 11.9. The zero-order valence-electron chi connectivity index (χ0n) is 11.7. The fraction of sp³-hybridized carbons (Fsp3) is 0.133. The Kier molecular flexibility index (Phi) is 3.27. The van der Waals surface area contributed by atoms with E-state index in [1.54, 1.807) is 24.1 Å². The first-order chi connectivity index (χ1) is 10.2. The molecule has 0 spiro atoms. The summed E-state index contributed by atoms with van der Waals surface area (Å²) in [6.45, 7) is 0. The number of aryl methyl sites for hydroxylation is 1. The maximum absolute atomic E-state index is 11.9. The summed E-state index contributed by atoms with van der Waals surface area (Å²) in [4.78, 5) is 11.9. The lowest BCUT2D eigenvalue weighted by atomic mass is 10.1. The summed E-state index contributed by atoms with van der Waals surface area (Å²) in [7, 11) is 3.08. The molecule has 0 aliphatic rings. The number of methoxy groups -OCH3 is 1. The topological polar surface area (TPSA) is 61.9 Å². The van der Waals surface area contributed by atoms with Crippen molar-refractivity contribution in [3.05, 3.63) is 54.6 Å². The van der Waals surface area contributed by atoms with Crippen molar-refractivity contribution in [3.63, 3.8) is 0 Å². The van der Waals surface area contributed by atoms with Crippen LogP contribution in [0.1, 0.15) is 10.5 Å². The maximum Gasteiger partial charge on any atom is 0.356 e. The molecule has 6 heteroatoms. The molecule has 0 atom stereocenters. The second-order valence-electron chi connectivity index (χ2n) is 4.52. The minimum atomic E-state index is -0.408. The van der Waals surface area contributed by atoms with Crippen LogP contribution in [0.4, 0.5) is 0 Å². The van der Waals surface area contributed by atoms with E-state index in [0.29, 0.717) is 5.69 Å². The van der Waals surface area contributed by atoms with Crippen LogP contribution in [0.3, 0.4) is 0 Å². The van der Waals surface area contributed by atoms with Crippen molar-refractivity contribution < 1.29 is 9.53 Å². The molecule has 0 unspecified atom stereocenters. The molecule has 6 nitrogen and oxygen atoms in total. The van der Waals surface area contributed by atoms with Crippen LogP contribution >= 0.6 is 0 Å². The van der Waals surface area contributed by atoms with Crippen LogP contribution in [0.25, 0.3) is 16.8 Å². The number of esters is 1. The van der Waals surface area contributed by atoms with Crippen LogP contribution < -0.4 is 0 Å². The van der Waals surface area contributed by atoms with Crippen LogP contribution in [0.2, 0.25) is 0 Å². The number of ether oxygens (including phenoxy) is 1. The third-order valence-electron chi connectivity index (χ3n) is 3.24. The lowest BCUT2D eigenvalue weighted by molar-refractivity contribution is 0.0589. The fourth-order valence-electron chi connectivity index (χ4n) is 2.23. The van der Waals surface area contributed by atoms with Crippen LogP contribution in [0, 0.1) is 0 Å². The number of hydrogen-bond donors (Lipinski definition) is 0. The third kappa shape index (κ3) is 2.31. The molecule has 21 heavy (non-hydrogen) atoms. The molecule has 2 heterocycles. The molecular formula is C15H14N4O2. The number of carbonyl (C=O) groups is 1. The second kappa shape index (κ2) is 5.24. The Bertz CT molecular complexity index is 775. The molecule has 1 aromatic carbocycles. The van der Waals surface area contributed by atoms with Gasteiger partial charge in [-0.3, -0.25) is 4.68 Å². The molecule has 0 N–H and O–H groups in total. The normalized spacial score (nSPS) is 10.6. The summed E-state index contributed by atoms with van der Waals surface area (Å²) in [6.07, 6.45) is 5.24. The van der Waals surface area contributed by atoms with E-state index in [-0.39, 0.29) is 0 Å². The fourth-order valence-corrected chi connectivity index (χ4v) is 2.23. The van der Waals surface area contributed by atoms with Gasteiger partial charge in [-0.15, -0.1) is 0 Å². The Morgan fingerprint density at radius 2 is 2.10 bits per heavy atom. The summed E-state index contributed by atoms with van der Waals surface area (Å²) in [6, 6.07) is 9.61. The van der Waals surface area contributed by atoms with E-state index >= 15 is 0 Å². The van der Waals surface area contributed by atoms with Gasteiger partial charge >= 0.3 is 5.97 Å². The second-order valence-corrected chi connectivity index (χ2v) is 4.52. The summed E-state index contributed by atoms with van der Waals surface area (Å²) in [5, 5.41) is 8.35. The van der Waals surface area contributed by atoms with Gasteiger partial charge in [0.1, 0.15) is 0 Å². The molecule has 0 fully saturated rings. The van der Waals surface area contributed by atoms with E-state index in [0.717, 1.165) is 16.8 Å². The van der Waals surface area contributed by atoms with Gasteiger partial charge in [0.2, 0.25) is 0 Å². The van der Waals surface area contributed by atoms with E-state index in [9.17, 15) is 4.79 Å². The first kappa shape index (κ1) is 13.1. The van der Waals surface area contributed by atoms with Gasteiger partial charge in [-0.2, -0.15) is 10.2 Å². The van der Waals surface area contributed by atoms with E-state index in [1.165, 1.54) is 11.8 Å². The van der Waals surface area contributed by atoms with E-state index in [2.05, 4.69) is 10.2 Å². The van der Waals surface area contributed by atoms with Crippen LogP contribution in [0.15, 0.2) is 48.9 Å². The number of benzene rings is 1.